The third-order valence-corrected chi connectivity index (χ3v) is 4.64. The third-order valence-electron chi connectivity index (χ3n) is 4.64. The molecule has 0 aromatic heterocycles. The van der Waals surface area contributed by atoms with Crippen LogP contribution in [0.2, 0.25) is 0 Å². The number of nitrogens with zero attached hydrogens (tertiary/aromatic N) is 2. The lowest BCUT2D eigenvalue weighted by atomic mass is 9.99. The highest BCUT2D eigenvalue weighted by molar-refractivity contribution is 5.24. The molecule has 0 amide bonds. The Morgan fingerprint density at radius 3 is 2.40 bits per heavy atom. The van der Waals surface area contributed by atoms with E-state index in [4.69, 9.17) is 5.73 Å². The van der Waals surface area contributed by atoms with Crippen molar-refractivity contribution in [2.75, 3.05) is 33.2 Å². The number of benzene rings is 1. The fourth-order valence-corrected chi connectivity index (χ4v) is 2.85. The summed E-state index contributed by atoms with van der Waals surface area (Å²) in [7, 11) is 2.19. The highest BCUT2D eigenvalue weighted by atomic mass is 15.2. The second-order valence-electron chi connectivity index (χ2n) is 6.21. The van der Waals surface area contributed by atoms with Crippen LogP contribution in [-0.2, 0) is 0 Å². The summed E-state index contributed by atoms with van der Waals surface area (Å²) in [5, 5.41) is 0. The van der Waals surface area contributed by atoms with E-state index in [1.165, 1.54) is 43.6 Å². The second kappa shape index (κ2) is 7.21. The molecular weight excluding hydrogens is 246 g/mol. The standard InChI is InChI=1S/C17H29N3/c1-14-6-8-16(9-7-14)17(18)15(2)19(3)12-13-20-10-4-5-11-20/h6-9,15,17H,4-5,10-13,18H2,1-3H3. The molecule has 0 aliphatic carbocycles. The number of nitrogens with two attached hydrogens (primary N) is 1. The highest BCUT2D eigenvalue weighted by Crippen LogP contribution is 2.18. The molecule has 0 radical (unpaired) electrons. The fourth-order valence-electron chi connectivity index (χ4n) is 2.85. The summed E-state index contributed by atoms with van der Waals surface area (Å²) in [6, 6.07) is 9.05. The van der Waals surface area contributed by atoms with Crippen LogP contribution in [0, 0.1) is 6.92 Å². The van der Waals surface area contributed by atoms with Crippen molar-refractivity contribution in [2.45, 2.75) is 38.8 Å². The number of rotatable bonds is 6. The first kappa shape index (κ1) is 15.5. The first-order chi connectivity index (χ1) is 9.58. The molecule has 1 aromatic carbocycles. The second-order valence-corrected chi connectivity index (χ2v) is 6.21. The van der Waals surface area contributed by atoms with Gasteiger partial charge in [0.2, 0.25) is 0 Å². The zero-order chi connectivity index (χ0) is 14.5. The molecule has 1 aliphatic heterocycles. The van der Waals surface area contributed by atoms with Gasteiger partial charge < -0.3 is 15.5 Å². The van der Waals surface area contributed by atoms with E-state index >= 15 is 0 Å². The van der Waals surface area contributed by atoms with Gasteiger partial charge in [-0.05, 0) is 52.4 Å². The predicted molar refractivity (Wildman–Crippen MR) is 85.9 cm³/mol. The quantitative estimate of drug-likeness (QED) is 0.865. The highest BCUT2D eigenvalue weighted by Gasteiger charge is 2.20. The van der Waals surface area contributed by atoms with Gasteiger partial charge in [-0.25, -0.2) is 0 Å². The Balaban J connectivity index is 1.84. The zero-order valence-electron chi connectivity index (χ0n) is 13.2. The lowest BCUT2D eigenvalue weighted by Gasteiger charge is -2.31. The van der Waals surface area contributed by atoms with Crippen molar-refractivity contribution in [3.8, 4) is 0 Å². The minimum Gasteiger partial charge on any atom is -0.323 e. The van der Waals surface area contributed by atoms with Crippen molar-refractivity contribution in [1.29, 1.82) is 0 Å². The number of hydrogen-bond donors (Lipinski definition) is 1. The monoisotopic (exact) mass is 275 g/mol. The van der Waals surface area contributed by atoms with Gasteiger partial charge in [0.1, 0.15) is 0 Å². The number of likely N-dealkylation sites (N-methyl/N-ethyl adjacent to an activating group) is 1. The van der Waals surface area contributed by atoms with E-state index in [9.17, 15) is 0 Å². The SMILES string of the molecule is Cc1ccc(C(N)C(C)N(C)CCN2CCCC2)cc1. The fraction of sp³-hybridized carbons (Fsp3) is 0.647. The Bertz CT molecular complexity index is 395. The average Bonchev–Trinajstić information content (AvgIpc) is 2.97. The van der Waals surface area contributed by atoms with Crippen LogP contribution in [-0.4, -0.2) is 49.1 Å². The lowest BCUT2D eigenvalue weighted by molar-refractivity contribution is 0.195. The minimum absolute atomic E-state index is 0.0826. The van der Waals surface area contributed by atoms with Gasteiger partial charge >= 0.3 is 0 Å². The molecule has 1 saturated heterocycles. The molecule has 1 aromatic rings. The maximum absolute atomic E-state index is 6.42. The molecule has 20 heavy (non-hydrogen) atoms. The summed E-state index contributed by atoms with van der Waals surface area (Å²) < 4.78 is 0. The molecule has 0 spiro atoms. The van der Waals surface area contributed by atoms with Gasteiger partial charge in [0.25, 0.3) is 0 Å². The molecule has 1 heterocycles. The van der Waals surface area contributed by atoms with Gasteiger partial charge in [-0.15, -0.1) is 0 Å². The summed E-state index contributed by atoms with van der Waals surface area (Å²) in [6.07, 6.45) is 2.73. The van der Waals surface area contributed by atoms with Crippen LogP contribution >= 0.6 is 0 Å². The van der Waals surface area contributed by atoms with Crippen LogP contribution in [0.4, 0.5) is 0 Å². The van der Waals surface area contributed by atoms with Crippen LogP contribution in [0.3, 0.4) is 0 Å². The van der Waals surface area contributed by atoms with Gasteiger partial charge in [-0.2, -0.15) is 0 Å². The zero-order valence-corrected chi connectivity index (χ0v) is 13.2. The van der Waals surface area contributed by atoms with E-state index in [1.807, 2.05) is 0 Å². The van der Waals surface area contributed by atoms with Crippen molar-refractivity contribution in [1.82, 2.24) is 9.80 Å². The van der Waals surface area contributed by atoms with Gasteiger partial charge in [-0.3, -0.25) is 0 Å². The Morgan fingerprint density at radius 2 is 1.80 bits per heavy atom. The van der Waals surface area contributed by atoms with Crippen LogP contribution in [0.1, 0.15) is 36.9 Å². The Labute approximate surface area is 123 Å². The van der Waals surface area contributed by atoms with Crippen molar-refractivity contribution >= 4 is 0 Å². The number of hydrogen-bond acceptors (Lipinski definition) is 3. The molecule has 2 unspecified atom stereocenters. The summed E-state index contributed by atoms with van der Waals surface area (Å²) in [6.45, 7) is 9.15. The van der Waals surface area contributed by atoms with Crippen molar-refractivity contribution in [3.05, 3.63) is 35.4 Å². The van der Waals surface area contributed by atoms with E-state index in [-0.39, 0.29) is 6.04 Å². The lowest BCUT2D eigenvalue weighted by Crippen LogP contribution is -2.42. The van der Waals surface area contributed by atoms with Crippen LogP contribution in [0.5, 0.6) is 0 Å². The Hall–Kier alpha value is -0.900. The van der Waals surface area contributed by atoms with Crippen LogP contribution in [0.25, 0.3) is 0 Å². The Morgan fingerprint density at radius 1 is 1.20 bits per heavy atom. The largest absolute Gasteiger partial charge is 0.323 e. The number of likely N-dealkylation sites (tertiary alicyclic amines) is 1. The molecule has 2 N–H and O–H groups in total. The molecule has 1 aliphatic rings. The van der Waals surface area contributed by atoms with E-state index < -0.39 is 0 Å². The maximum atomic E-state index is 6.42. The molecular formula is C17H29N3. The van der Waals surface area contributed by atoms with Crippen LogP contribution < -0.4 is 5.73 Å². The molecule has 2 rings (SSSR count). The molecule has 112 valence electrons. The molecule has 0 bridgehead atoms. The Kier molecular flexibility index (Phi) is 5.58. The molecule has 0 saturated carbocycles. The summed E-state index contributed by atoms with van der Waals surface area (Å²) in [5.74, 6) is 0. The third kappa shape index (κ3) is 4.05. The predicted octanol–water partition coefficient (Wildman–Crippen LogP) is 2.41. The smallest absolute Gasteiger partial charge is 0.0450 e. The van der Waals surface area contributed by atoms with Gasteiger partial charge in [0.15, 0.2) is 0 Å². The van der Waals surface area contributed by atoms with Gasteiger partial charge in [0.05, 0.1) is 0 Å². The normalized spacial score (nSPS) is 19.4. The number of aryl methyl sites for hydroxylation is 1. The first-order valence-electron chi connectivity index (χ1n) is 7.82. The molecule has 3 heteroatoms. The maximum Gasteiger partial charge on any atom is 0.0450 e. The van der Waals surface area contributed by atoms with E-state index in [0.29, 0.717) is 6.04 Å². The average molecular weight is 275 g/mol. The van der Waals surface area contributed by atoms with Crippen molar-refractivity contribution in [2.24, 2.45) is 5.73 Å². The van der Waals surface area contributed by atoms with E-state index in [0.717, 1.165) is 6.54 Å². The van der Waals surface area contributed by atoms with E-state index in [2.05, 4.69) is 55.0 Å². The van der Waals surface area contributed by atoms with Crippen LogP contribution in [0.15, 0.2) is 24.3 Å². The summed E-state index contributed by atoms with van der Waals surface area (Å²) in [5.41, 5.74) is 8.94. The van der Waals surface area contributed by atoms with Gasteiger partial charge in [-0.1, -0.05) is 29.8 Å². The molecule has 1 fully saturated rings. The molecule has 3 nitrogen and oxygen atoms in total. The summed E-state index contributed by atoms with van der Waals surface area (Å²) >= 11 is 0. The summed E-state index contributed by atoms with van der Waals surface area (Å²) in [4.78, 5) is 4.95. The van der Waals surface area contributed by atoms with Crippen molar-refractivity contribution < 1.29 is 0 Å². The topological polar surface area (TPSA) is 32.5 Å². The van der Waals surface area contributed by atoms with Crippen molar-refractivity contribution in [3.63, 3.8) is 0 Å². The van der Waals surface area contributed by atoms with Gasteiger partial charge in [0, 0.05) is 25.2 Å². The first-order valence-corrected chi connectivity index (χ1v) is 7.82. The van der Waals surface area contributed by atoms with E-state index in [1.54, 1.807) is 0 Å². The minimum atomic E-state index is 0.0826. The molecule has 2 atom stereocenters.